The van der Waals surface area contributed by atoms with E-state index in [2.05, 4.69) is 37.8 Å². The summed E-state index contributed by atoms with van der Waals surface area (Å²) in [5, 5.41) is 0. The largest absolute Gasteiger partial charge is 0.496 e. The van der Waals surface area contributed by atoms with Crippen molar-refractivity contribution in [2.45, 2.75) is 45.7 Å². The number of nitrogens with zero attached hydrogens (tertiary/aromatic N) is 1. The molecule has 19 heavy (non-hydrogen) atoms. The fourth-order valence-corrected chi connectivity index (χ4v) is 2.61. The van der Waals surface area contributed by atoms with Gasteiger partial charge in [-0.2, -0.15) is 0 Å². The van der Waals surface area contributed by atoms with Gasteiger partial charge in [-0.25, -0.2) is 0 Å². The van der Waals surface area contributed by atoms with Crippen LogP contribution in [0.5, 0.6) is 5.75 Å². The number of nitrogens with two attached hydrogens (primary N) is 1. The molecule has 2 N–H and O–H groups in total. The molecule has 0 spiro atoms. The molecule has 3 heteroatoms. The first kappa shape index (κ1) is 16.0. The van der Waals surface area contributed by atoms with E-state index >= 15 is 0 Å². The zero-order chi connectivity index (χ0) is 14.3. The van der Waals surface area contributed by atoms with Crippen molar-refractivity contribution < 1.29 is 4.74 Å². The van der Waals surface area contributed by atoms with Gasteiger partial charge in [0.15, 0.2) is 0 Å². The van der Waals surface area contributed by atoms with Crippen molar-refractivity contribution in [3.05, 3.63) is 29.8 Å². The summed E-state index contributed by atoms with van der Waals surface area (Å²) >= 11 is 0. The van der Waals surface area contributed by atoms with Crippen LogP contribution in [0.3, 0.4) is 0 Å². The van der Waals surface area contributed by atoms with Crippen molar-refractivity contribution in [3.63, 3.8) is 0 Å². The Morgan fingerprint density at radius 3 is 2.42 bits per heavy atom. The van der Waals surface area contributed by atoms with Gasteiger partial charge in [-0.1, -0.05) is 39.0 Å². The van der Waals surface area contributed by atoms with Gasteiger partial charge < -0.3 is 10.5 Å². The van der Waals surface area contributed by atoms with Gasteiger partial charge >= 0.3 is 0 Å². The standard InChI is InChI=1S/C16H28N2O/c1-5-12-18(7-3)16(14(17)6-2)13-10-8-9-11-15(13)19-4/h8-11,14,16H,5-7,12,17H2,1-4H3. The van der Waals surface area contributed by atoms with Crippen LogP contribution in [0, 0.1) is 0 Å². The topological polar surface area (TPSA) is 38.5 Å². The molecule has 1 rings (SSSR count). The van der Waals surface area contributed by atoms with E-state index in [-0.39, 0.29) is 12.1 Å². The molecule has 0 aliphatic heterocycles. The van der Waals surface area contributed by atoms with Crippen LogP contribution in [-0.2, 0) is 0 Å². The lowest BCUT2D eigenvalue weighted by atomic mass is 9.95. The minimum atomic E-state index is 0.128. The molecule has 0 amide bonds. The summed E-state index contributed by atoms with van der Waals surface area (Å²) < 4.78 is 5.51. The number of benzene rings is 1. The average Bonchev–Trinajstić information content (AvgIpc) is 2.46. The molecule has 0 heterocycles. The van der Waals surface area contributed by atoms with Gasteiger partial charge in [0.25, 0.3) is 0 Å². The van der Waals surface area contributed by atoms with Crippen molar-refractivity contribution in [2.24, 2.45) is 5.73 Å². The van der Waals surface area contributed by atoms with Crippen LogP contribution in [0.4, 0.5) is 0 Å². The Balaban J connectivity index is 3.14. The van der Waals surface area contributed by atoms with E-state index in [9.17, 15) is 0 Å². The van der Waals surface area contributed by atoms with Crippen LogP contribution in [0.1, 0.15) is 45.2 Å². The molecule has 0 aliphatic carbocycles. The highest BCUT2D eigenvalue weighted by Gasteiger charge is 2.26. The summed E-state index contributed by atoms with van der Waals surface area (Å²) in [6.07, 6.45) is 2.10. The third-order valence-corrected chi connectivity index (χ3v) is 3.64. The highest BCUT2D eigenvalue weighted by molar-refractivity contribution is 5.36. The Morgan fingerprint density at radius 2 is 1.89 bits per heavy atom. The number of ether oxygens (including phenoxy) is 1. The fraction of sp³-hybridized carbons (Fsp3) is 0.625. The Bertz CT molecular complexity index is 368. The molecule has 3 nitrogen and oxygen atoms in total. The molecule has 2 atom stereocenters. The lowest BCUT2D eigenvalue weighted by Gasteiger charge is -2.35. The van der Waals surface area contributed by atoms with Gasteiger partial charge in [-0.3, -0.25) is 4.90 Å². The molecule has 0 aliphatic rings. The molecule has 0 bridgehead atoms. The van der Waals surface area contributed by atoms with Crippen molar-refractivity contribution in [3.8, 4) is 5.75 Å². The summed E-state index contributed by atoms with van der Waals surface area (Å²) in [4.78, 5) is 2.45. The number of methoxy groups -OCH3 is 1. The van der Waals surface area contributed by atoms with Gasteiger partial charge in [0, 0.05) is 11.6 Å². The molecular formula is C16H28N2O. The maximum atomic E-state index is 6.38. The van der Waals surface area contributed by atoms with E-state index in [4.69, 9.17) is 10.5 Å². The van der Waals surface area contributed by atoms with E-state index in [1.54, 1.807) is 7.11 Å². The van der Waals surface area contributed by atoms with E-state index < -0.39 is 0 Å². The van der Waals surface area contributed by atoms with Crippen LogP contribution in [0.15, 0.2) is 24.3 Å². The van der Waals surface area contributed by atoms with Crippen LogP contribution in [0.2, 0.25) is 0 Å². The van der Waals surface area contributed by atoms with Gasteiger partial charge in [0.1, 0.15) is 5.75 Å². The smallest absolute Gasteiger partial charge is 0.123 e. The summed E-state index contributed by atoms with van der Waals surface area (Å²) in [7, 11) is 1.73. The highest BCUT2D eigenvalue weighted by Crippen LogP contribution is 2.32. The normalized spacial score (nSPS) is 14.4. The third kappa shape index (κ3) is 3.95. The summed E-state index contributed by atoms with van der Waals surface area (Å²) in [5.41, 5.74) is 7.59. The first-order valence-electron chi connectivity index (χ1n) is 7.32. The SMILES string of the molecule is CCCN(CC)C(c1ccccc1OC)C(N)CC. The van der Waals surface area contributed by atoms with Gasteiger partial charge in [0.05, 0.1) is 13.2 Å². The molecule has 0 saturated heterocycles. The Labute approximate surface area is 117 Å². The second-order valence-corrected chi connectivity index (χ2v) is 4.89. The number of likely N-dealkylation sites (N-methyl/N-ethyl adjacent to an activating group) is 1. The predicted octanol–water partition coefficient (Wildman–Crippen LogP) is 3.21. The van der Waals surface area contributed by atoms with E-state index in [0.717, 1.165) is 31.7 Å². The molecule has 1 aromatic rings. The molecule has 0 radical (unpaired) electrons. The predicted molar refractivity (Wildman–Crippen MR) is 81.5 cm³/mol. The molecule has 0 fully saturated rings. The van der Waals surface area contributed by atoms with Gasteiger partial charge in [-0.15, -0.1) is 0 Å². The van der Waals surface area contributed by atoms with Crippen molar-refractivity contribution in [2.75, 3.05) is 20.2 Å². The van der Waals surface area contributed by atoms with E-state index in [1.807, 2.05) is 12.1 Å². The molecule has 108 valence electrons. The monoisotopic (exact) mass is 264 g/mol. The zero-order valence-corrected chi connectivity index (χ0v) is 12.7. The molecular weight excluding hydrogens is 236 g/mol. The zero-order valence-electron chi connectivity index (χ0n) is 12.7. The van der Waals surface area contributed by atoms with E-state index in [0.29, 0.717) is 0 Å². The van der Waals surface area contributed by atoms with Crippen LogP contribution in [0.25, 0.3) is 0 Å². The minimum Gasteiger partial charge on any atom is -0.496 e. The average molecular weight is 264 g/mol. The first-order valence-corrected chi connectivity index (χ1v) is 7.32. The van der Waals surface area contributed by atoms with Crippen molar-refractivity contribution in [1.82, 2.24) is 4.90 Å². The third-order valence-electron chi connectivity index (χ3n) is 3.64. The summed E-state index contributed by atoms with van der Waals surface area (Å²) in [6, 6.07) is 8.58. The maximum absolute atomic E-state index is 6.38. The quantitative estimate of drug-likeness (QED) is 0.783. The lowest BCUT2D eigenvalue weighted by molar-refractivity contribution is 0.174. The summed E-state index contributed by atoms with van der Waals surface area (Å²) in [5.74, 6) is 0.936. The number of hydrogen-bond acceptors (Lipinski definition) is 3. The van der Waals surface area contributed by atoms with Crippen molar-refractivity contribution in [1.29, 1.82) is 0 Å². The van der Waals surface area contributed by atoms with Gasteiger partial charge in [0.2, 0.25) is 0 Å². The highest BCUT2D eigenvalue weighted by atomic mass is 16.5. The molecule has 0 aromatic heterocycles. The summed E-state index contributed by atoms with van der Waals surface area (Å²) in [6.45, 7) is 8.61. The first-order chi connectivity index (χ1) is 9.19. The lowest BCUT2D eigenvalue weighted by Crippen LogP contribution is -2.41. The van der Waals surface area contributed by atoms with Crippen LogP contribution >= 0.6 is 0 Å². The van der Waals surface area contributed by atoms with E-state index in [1.165, 1.54) is 5.56 Å². The fourth-order valence-electron chi connectivity index (χ4n) is 2.61. The Morgan fingerprint density at radius 1 is 1.21 bits per heavy atom. The Hall–Kier alpha value is -1.06. The maximum Gasteiger partial charge on any atom is 0.123 e. The number of para-hydroxylation sites is 1. The minimum absolute atomic E-state index is 0.128. The van der Waals surface area contributed by atoms with Gasteiger partial charge in [-0.05, 0) is 32.0 Å². The Kier molecular flexibility index (Phi) is 6.89. The number of rotatable bonds is 8. The second-order valence-electron chi connectivity index (χ2n) is 4.89. The molecule has 1 aromatic carbocycles. The second kappa shape index (κ2) is 8.18. The molecule has 0 saturated carbocycles. The van der Waals surface area contributed by atoms with Crippen LogP contribution in [-0.4, -0.2) is 31.1 Å². The number of hydrogen-bond donors (Lipinski definition) is 1. The van der Waals surface area contributed by atoms with Crippen LogP contribution < -0.4 is 10.5 Å². The van der Waals surface area contributed by atoms with Crippen molar-refractivity contribution >= 4 is 0 Å². The molecule has 2 unspecified atom stereocenters.